The van der Waals surface area contributed by atoms with Crippen LogP contribution in [-0.2, 0) is 0 Å². The molecule has 0 saturated carbocycles. The monoisotopic (exact) mass is 317 g/mol. The van der Waals surface area contributed by atoms with E-state index in [0.717, 1.165) is 28.3 Å². The summed E-state index contributed by atoms with van der Waals surface area (Å²) in [6.07, 6.45) is 3.70. The molecule has 0 atom stereocenters. The van der Waals surface area contributed by atoms with Crippen LogP contribution < -0.4 is 5.32 Å². The highest BCUT2D eigenvalue weighted by Gasteiger charge is 2.15. The zero-order valence-corrected chi connectivity index (χ0v) is 13.0. The number of carbonyl (C=O) groups excluding carboxylic acids is 1. The number of amides is 1. The maximum Gasteiger partial charge on any atom is 0.251 e. The van der Waals surface area contributed by atoms with Gasteiger partial charge in [-0.25, -0.2) is 9.97 Å². The Morgan fingerprint density at radius 1 is 0.917 bits per heavy atom. The van der Waals surface area contributed by atoms with Crippen LogP contribution in [0.2, 0.25) is 0 Å². The van der Waals surface area contributed by atoms with Crippen LogP contribution in [0.1, 0.15) is 10.4 Å². The fourth-order valence-electron chi connectivity index (χ4n) is 2.67. The van der Waals surface area contributed by atoms with Gasteiger partial charge in [0, 0.05) is 25.0 Å². The Labute approximate surface area is 138 Å². The summed E-state index contributed by atoms with van der Waals surface area (Å²) in [4.78, 5) is 27.7. The van der Waals surface area contributed by atoms with Gasteiger partial charge in [-0.3, -0.25) is 4.79 Å². The van der Waals surface area contributed by atoms with Crippen LogP contribution in [0, 0.1) is 0 Å². The number of nitrogens with zero attached hydrogens (tertiary/aromatic N) is 2. The lowest BCUT2D eigenvalue weighted by atomic mass is 10.1. The zero-order valence-electron chi connectivity index (χ0n) is 13.0. The molecule has 3 heterocycles. The first-order valence-corrected chi connectivity index (χ1v) is 7.57. The van der Waals surface area contributed by atoms with Crippen molar-refractivity contribution in [2.75, 3.05) is 7.05 Å². The first-order chi connectivity index (χ1) is 11.8. The van der Waals surface area contributed by atoms with E-state index in [4.69, 9.17) is 9.97 Å². The number of nitrogens with one attached hydrogen (secondary N) is 3. The van der Waals surface area contributed by atoms with Crippen LogP contribution >= 0.6 is 0 Å². The SMILES string of the molecule is CNC(=O)c1ccc2nc(-c3ccc[nH]3)c(-c3ccc[nH]3)nc2c1. The van der Waals surface area contributed by atoms with Crippen LogP contribution in [0.4, 0.5) is 0 Å². The predicted molar refractivity (Wildman–Crippen MR) is 92.5 cm³/mol. The summed E-state index contributed by atoms with van der Waals surface area (Å²) in [5.41, 5.74) is 5.25. The van der Waals surface area contributed by atoms with Crippen molar-refractivity contribution in [3.8, 4) is 22.8 Å². The van der Waals surface area contributed by atoms with Gasteiger partial charge in [-0.2, -0.15) is 0 Å². The van der Waals surface area contributed by atoms with Crippen LogP contribution in [0.15, 0.2) is 54.9 Å². The Kier molecular flexibility index (Phi) is 3.35. The maximum absolute atomic E-state index is 11.9. The maximum atomic E-state index is 11.9. The lowest BCUT2D eigenvalue weighted by Crippen LogP contribution is -2.17. The van der Waals surface area contributed by atoms with E-state index in [2.05, 4.69) is 15.3 Å². The van der Waals surface area contributed by atoms with Gasteiger partial charge >= 0.3 is 0 Å². The van der Waals surface area contributed by atoms with Gasteiger partial charge in [0.1, 0.15) is 11.4 Å². The lowest BCUT2D eigenvalue weighted by molar-refractivity contribution is 0.0963. The normalized spacial score (nSPS) is 10.9. The van der Waals surface area contributed by atoms with Gasteiger partial charge in [0.05, 0.1) is 22.4 Å². The number of H-pyrrole nitrogens is 2. The summed E-state index contributed by atoms with van der Waals surface area (Å²) in [6, 6.07) is 13.1. The van der Waals surface area contributed by atoms with Gasteiger partial charge in [0.15, 0.2) is 0 Å². The highest BCUT2D eigenvalue weighted by Crippen LogP contribution is 2.29. The van der Waals surface area contributed by atoms with Crippen LogP contribution in [-0.4, -0.2) is 32.9 Å². The number of aromatic amines is 2. The Bertz CT molecular complexity index is 1000. The second-order valence-corrected chi connectivity index (χ2v) is 5.37. The largest absolute Gasteiger partial charge is 0.360 e. The van der Waals surface area contributed by atoms with E-state index in [1.807, 2.05) is 42.7 Å². The number of benzene rings is 1. The molecule has 0 saturated heterocycles. The fraction of sp³-hybridized carbons (Fsp3) is 0.0556. The van der Waals surface area contributed by atoms with Crippen molar-refractivity contribution in [2.45, 2.75) is 0 Å². The molecule has 0 aliphatic carbocycles. The summed E-state index contributed by atoms with van der Waals surface area (Å²) in [5.74, 6) is -0.145. The summed E-state index contributed by atoms with van der Waals surface area (Å²) >= 11 is 0. The minimum absolute atomic E-state index is 0.145. The van der Waals surface area contributed by atoms with E-state index in [9.17, 15) is 4.79 Å². The minimum atomic E-state index is -0.145. The first-order valence-electron chi connectivity index (χ1n) is 7.57. The highest BCUT2D eigenvalue weighted by atomic mass is 16.1. The third kappa shape index (κ3) is 2.34. The molecule has 0 radical (unpaired) electrons. The standard InChI is InChI=1S/C18H15N5O/c1-19-18(24)11-6-7-12-15(10-11)23-17(14-5-3-9-21-14)16(22-12)13-4-2-8-20-13/h2-10,20-21H,1H3,(H,19,24). The van der Waals surface area contributed by atoms with Crippen LogP contribution in [0.3, 0.4) is 0 Å². The Hall–Kier alpha value is -3.41. The first kappa shape index (κ1) is 14.2. The second-order valence-electron chi connectivity index (χ2n) is 5.37. The number of hydrogen-bond donors (Lipinski definition) is 3. The second kappa shape index (κ2) is 5.66. The van der Waals surface area contributed by atoms with Crippen molar-refractivity contribution in [2.24, 2.45) is 0 Å². The number of carbonyl (C=O) groups is 1. The van der Waals surface area contributed by atoms with E-state index in [1.54, 1.807) is 19.2 Å². The predicted octanol–water partition coefficient (Wildman–Crippen LogP) is 2.98. The molecule has 6 heteroatoms. The zero-order chi connectivity index (χ0) is 16.5. The molecule has 6 nitrogen and oxygen atoms in total. The average molecular weight is 317 g/mol. The van der Waals surface area contributed by atoms with E-state index in [0.29, 0.717) is 11.1 Å². The van der Waals surface area contributed by atoms with Crippen molar-refractivity contribution in [1.29, 1.82) is 0 Å². The van der Waals surface area contributed by atoms with Crippen molar-refractivity contribution >= 4 is 16.9 Å². The fourth-order valence-corrected chi connectivity index (χ4v) is 2.67. The molecule has 0 unspecified atom stereocenters. The van der Waals surface area contributed by atoms with Crippen molar-refractivity contribution in [3.05, 3.63) is 60.4 Å². The van der Waals surface area contributed by atoms with Gasteiger partial charge in [0.25, 0.3) is 5.91 Å². The van der Waals surface area contributed by atoms with Gasteiger partial charge in [-0.15, -0.1) is 0 Å². The molecule has 118 valence electrons. The Morgan fingerprint density at radius 2 is 1.54 bits per heavy atom. The van der Waals surface area contributed by atoms with Gasteiger partial charge in [-0.1, -0.05) is 0 Å². The molecule has 3 N–H and O–H groups in total. The molecule has 4 rings (SSSR count). The van der Waals surface area contributed by atoms with Crippen LogP contribution in [0.5, 0.6) is 0 Å². The number of aromatic nitrogens is 4. The number of hydrogen-bond acceptors (Lipinski definition) is 3. The van der Waals surface area contributed by atoms with Gasteiger partial charge < -0.3 is 15.3 Å². The quantitative estimate of drug-likeness (QED) is 0.543. The Morgan fingerprint density at radius 3 is 2.08 bits per heavy atom. The summed E-state index contributed by atoms with van der Waals surface area (Å²) in [7, 11) is 1.61. The summed E-state index contributed by atoms with van der Waals surface area (Å²) < 4.78 is 0. The van der Waals surface area contributed by atoms with Crippen molar-refractivity contribution < 1.29 is 4.79 Å². The molecule has 0 fully saturated rings. The third-order valence-electron chi connectivity index (χ3n) is 3.86. The molecule has 1 amide bonds. The molecule has 24 heavy (non-hydrogen) atoms. The molecule has 0 spiro atoms. The third-order valence-corrected chi connectivity index (χ3v) is 3.86. The number of rotatable bonds is 3. The van der Waals surface area contributed by atoms with E-state index >= 15 is 0 Å². The van der Waals surface area contributed by atoms with E-state index < -0.39 is 0 Å². The summed E-state index contributed by atoms with van der Waals surface area (Å²) in [5, 5.41) is 2.62. The molecule has 3 aromatic heterocycles. The van der Waals surface area contributed by atoms with Gasteiger partial charge in [0.2, 0.25) is 0 Å². The smallest absolute Gasteiger partial charge is 0.251 e. The highest BCUT2D eigenvalue weighted by molar-refractivity contribution is 5.97. The molecule has 0 bridgehead atoms. The molecule has 4 aromatic rings. The average Bonchev–Trinajstić information content (AvgIpc) is 3.32. The summed E-state index contributed by atoms with van der Waals surface area (Å²) in [6.45, 7) is 0. The van der Waals surface area contributed by atoms with Crippen molar-refractivity contribution in [3.63, 3.8) is 0 Å². The number of fused-ring (bicyclic) bond motifs is 1. The molecular formula is C18H15N5O. The molecule has 1 aromatic carbocycles. The van der Waals surface area contributed by atoms with Gasteiger partial charge in [-0.05, 0) is 42.5 Å². The topological polar surface area (TPSA) is 86.5 Å². The minimum Gasteiger partial charge on any atom is -0.360 e. The molecule has 0 aliphatic rings. The van der Waals surface area contributed by atoms with Crippen molar-refractivity contribution in [1.82, 2.24) is 25.3 Å². The van der Waals surface area contributed by atoms with E-state index in [-0.39, 0.29) is 5.91 Å². The Balaban J connectivity index is 1.97. The van der Waals surface area contributed by atoms with E-state index in [1.165, 1.54) is 0 Å². The van der Waals surface area contributed by atoms with Crippen LogP contribution in [0.25, 0.3) is 33.8 Å². The lowest BCUT2D eigenvalue weighted by Gasteiger charge is -2.09. The molecule has 0 aliphatic heterocycles. The molecular weight excluding hydrogens is 302 g/mol.